The van der Waals surface area contributed by atoms with Gasteiger partial charge in [-0.25, -0.2) is 0 Å². The van der Waals surface area contributed by atoms with Gasteiger partial charge in [0.15, 0.2) is 0 Å². The fraction of sp³-hybridized carbons (Fsp3) is 0.250. The monoisotopic (exact) mass is 228 g/mol. The Kier molecular flexibility index (Phi) is 2.36. The summed E-state index contributed by atoms with van der Waals surface area (Å²) in [6.07, 6.45) is 1.33. The van der Waals surface area contributed by atoms with Gasteiger partial charge < -0.3 is 9.84 Å². The lowest BCUT2D eigenvalue weighted by molar-refractivity contribution is 0.419. The van der Waals surface area contributed by atoms with Gasteiger partial charge in [-0.05, 0) is 6.92 Å². The molecule has 1 unspecified atom stereocenters. The molecule has 17 heavy (non-hydrogen) atoms. The maximum absolute atomic E-state index is 4.72. The lowest BCUT2D eigenvalue weighted by Gasteiger charge is -2.06. The van der Waals surface area contributed by atoms with E-state index in [9.17, 15) is 0 Å². The van der Waals surface area contributed by atoms with Gasteiger partial charge in [-0.3, -0.25) is 4.99 Å². The van der Waals surface area contributed by atoms with Gasteiger partial charge in [0.05, 0.1) is 6.54 Å². The lowest BCUT2D eigenvalue weighted by atomic mass is 10.1. The van der Waals surface area contributed by atoms with Crippen LogP contribution in [-0.4, -0.2) is 28.6 Å². The van der Waals surface area contributed by atoms with E-state index in [0.717, 1.165) is 23.5 Å². The van der Waals surface area contributed by atoms with Crippen LogP contribution in [0.2, 0.25) is 0 Å². The zero-order valence-corrected chi connectivity index (χ0v) is 9.42. The summed E-state index contributed by atoms with van der Waals surface area (Å²) >= 11 is 0. The molecule has 1 aromatic carbocycles. The van der Waals surface area contributed by atoms with Crippen molar-refractivity contribution < 1.29 is 4.52 Å². The molecule has 0 saturated heterocycles. The van der Waals surface area contributed by atoms with Crippen molar-refractivity contribution in [1.29, 1.82) is 0 Å². The van der Waals surface area contributed by atoms with E-state index in [1.165, 1.54) is 6.39 Å². The van der Waals surface area contributed by atoms with Crippen molar-refractivity contribution in [3.8, 4) is 11.4 Å². The van der Waals surface area contributed by atoms with Crippen LogP contribution in [0.1, 0.15) is 12.5 Å². The van der Waals surface area contributed by atoms with Crippen LogP contribution >= 0.6 is 0 Å². The van der Waals surface area contributed by atoms with Crippen LogP contribution in [0.3, 0.4) is 0 Å². The number of hydrogen-bond acceptors (Lipinski definition) is 5. The average Bonchev–Trinajstić information content (AvgIpc) is 3.00. The highest BCUT2D eigenvalue weighted by Gasteiger charge is 2.14. The third kappa shape index (κ3) is 1.91. The number of nitrogens with zero attached hydrogens (tertiary/aromatic N) is 3. The molecule has 1 atom stereocenters. The molecule has 2 heterocycles. The van der Waals surface area contributed by atoms with Crippen LogP contribution in [0.25, 0.3) is 11.4 Å². The molecular weight excluding hydrogens is 216 g/mol. The van der Waals surface area contributed by atoms with E-state index >= 15 is 0 Å². The van der Waals surface area contributed by atoms with Gasteiger partial charge in [-0.15, -0.1) is 0 Å². The van der Waals surface area contributed by atoms with Crippen molar-refractivity contribution in [2.75, 3.05) is 6.54 Å². The smallest absolute Gasteiger partial charge is 0.214 e. The van der Waals surface area contributed by atoms with Gasteiger partial charge in [-0.1, -0.05) is 29.4 Å². The van der Waals surface area contributed by atoms with Gasteiger partial charge in [0.25, 0.3) is 0 Å². The Morgan fingerprint density at radius 1 is 1.24 bits per heavy atom. The molecule has 0 fully saturated rings. The van der Waals surface area contributed by atoms with Crippen LogP contribution in [0.15, 0.2) is 40.2 Å². The molecular formula is C12H12N4O. The minimum absolute atomic E-state index is 0.418. The van der Waals surface area contributed by atoms with E-state index in [-0.39, 0.29) is 0 Å². The van der Waals surface area contributed by atoms with Gasteiger partial charge in [-0.2, -0.15) is 4.98 Å². The number of amidine groups is 1. The largest absolute Gasteiger partial charge is 0.366 e. The molecule has 0 aliphatic carbocycles. The number of benzene rings is 1. The molecule has 86 valence electrons. The predicted molar refractivity (Wildman–Crippen MR) is 63.7 cm³/mol. The van der Waals surface area contributed by atoms with Crippen molar-refractivity contribution in [3.05, 3.63) is 36.2 Å². The van der Waals surface area contributed by atoms with E-state index in [1.807, 2.05) is 24.3 Å². The first kappa shape index (κ1) is 10.0. The number of rotatable bonds is 2. The molecule has 0 spiro atoms. The van der Waals surface area contributed by atoms with E-state index in [2.05, 4.69) is 27.4 Å². The lowest BCUT2D eigenvalue weighted by Crippen LogP contribution is -2.27. The number of hydrogen-bond donors (Lipinski definition) is 1. The molecule has 0 radical (unpaired) electrons. The van der Waals surface area contributed by atoms with Crippen LogP contribution in [0.4, 0.5) is 0 Å². The fourth-order valence-electron chi connectivity index (χ4n) is 1.80. The zero-order valence-electron chi connectivity index (χ0n) is 9.42. The molecule has 1 aromatic heterocycles. The third-order valence-corrected chi connectivity index (χ3v) is 2.68. The zero-order chi connectivity index (χ0) is 11.7. The molecule has 3 rings (SSSR count). The Morgan fingerprint density at radius 3 is 2.59 bits per heavy atom. The Balaban J connectivity index is 1.86. The highest BCUT2D eigenvalue weighted by molar-refractivity contribution is 6.00. The summed E-state index contributed by atoms with van der Waals surface area (Å²) in [6.45, 7) is 2.95. The first-order chi connectivity index (χ1) is 8.33. The van der Waals surface area contributed by atoms with Gasteiger partial charge in [0.2, 0.25) is 12.2 Å². The summed E-state index contributed by atoms with van der Waals surface area (Å²) in [5, 5.41) is 7.12. The molecule has 1 aliphatic heterocycles. The first-order valence-electron chi connectivity index (χ1n) is 5.51. The molecule has 0 bridgehead atoms. The van der Waals surface area contributed by atoms with Crippen molar-refractivity contribution in [2.45, 2.75) is 13.0 Å². The minimum atomic E-state index is 0.418. The van der Waals surface area contributed by atoms with Crippen molar-refractivity contribution in [1.82, 2.24) is 15.5 Å². The normalized spacial score (nSPS) is 18.9. The predicted octanol–water partition coefficient (Wildman–Crippen LogP) is 1.47. The summed E-state index contributed by atoms with van der Waals surface area (Å²) in [5.74, 6) is 1.56. The molecule has 1 N–H and O–H groups in total. The van der Waals surface area contributed by atoms with Crippen molar-refractivity contribution >= 4 is 5.84 Å². The Labute approximate surface area is 98.6 Å². The van der Waals surface area contributed by atoms with E-state index < -0.39 is 0 Å². The third-order valence-electron chi connectivity index (χ3n) is 2.68. The fourth-order valence-corrected chi connectivity index (χ4v) is 1.80. The summed E-state index contributed by atoms with van der Waals surface area (Å²) in [6, 6.07) is 8.37. The summed E-state index contributed by atoms with van der Waals surface area (Å²) < 4.78 is 4.72. The highest BCUT2D eigenvalue weighted by atomic mass is 16.5. The van der Waals surface area contributed by atoms with Crippen LogP contribution < -0.4 is 5.32 Å². The SMILES string of the molecule is CC1CN=C(c2ccc(-c3ncon3)cc2)N1. The highest BCUT2D eigenvalue weighted by Crippen LogP contribution is 2.16. The summed E-state index contributed by atoms with van der Waals surface area (Å²) in [7, 11) is 0. The van der Waals surface area contributed by atoms with Crippen molar-refractivity contribution in [2.24, 2.45) is 4.99 Å². The maximum atomic E-state index is 4.72. The topological polar surface area (TPSA) is 63.3 Å². The van der Waals surface area contributed by atoms with Crippen molar-refractivity contribution in [3.63, 3.8) is 0 Å². The van der Waals surface area contributed by atoms with Crippen LogP contribution in [0.5, 0.6) is 0 Å². The summed E-state index contributed by atoms with van der Waals surface area (Å²) in [4.78, 5) is 8.44. The second-order valence-corrected chi connectivity index (χ2v) is 4.07. The molecule has 5 heteroatoms. The molecule has 1 aliphatic rings. The number of nitrogens with one attached hydrogen (secondary N) is 1. The molecule has 0 saturated carbocycles. The summed E-state index contributed by atoms with van der Waals surface area (Å²) in [5.41, 5.74) is 2.02. The quantitative estimate of drug-likeness (QED) is 0.845. The van der Waals surface area contributed by atoms with Crippen LogP contribution in [-0.2, 0) is 0 Å². The van der Waals surface area contributed by atoms with Crippen LogP contribution in [0, 0.1) is 0 Å². The Hall–Kier alpha value is -2.17. The second-order valence-electron chi connectivity index (χ2n) is 4.07. The maximum Gasteiger partial charge on any atom is 0.214 e. The Bertz CT molecular complexity index is 530. The van der Waals surface area contributed by atoms with Gasteiger partial charge in [0.1, 0.15) is 5.84 Å². The average molecular weight is 228 g/mol. The molecule has 2 aromatic rings. The van der Waals surface area contributed by atoms with Gasteiger partial charge in [0, 0.05) is 17.2 Å². The number of aliphatic imine (C=N–C) groups is 1. The van der Waals surface area contributed by atoms with Gasteiger partial charge >= 0.3 is 0 Å². The molecule has 0 amide bonds. The van der Waals surface area contributed by atoms with E-state index in [4.69, 9.17) is 4.52 Å². The number of aromatic nitrogens is 2. The van der Waals surface area contributed by atoms with E-state index in [1.54, 1.807) is 0 Å². The minimum Gasteiger partial charge on any atom is -0.366 e. The first-order valence-corrected chi connectivity index (χ1v) is 5.51. The molecule has 5 nitrogen and oxygen atoms in total. The Morgan fingerprint density at radius 2 is 2.00 bits per heavy atom. The standard InChI is InChI=1S/C12H12N4O/c1-8-6-13-11(15-8)9-2-4-10(5-3-9)12-14-7-17-16-12/h2-5,7-8H,6H2,1H3,(H,13,15). The second kappa shape index (κ2) is 4.01. The van der Waals surface area contributed by atoms with E-state index in [0.29, 0.717) is 11.9 Å².